The van der Waals surface area contributed by atoms with Gasteiger partial charge >= 0.3 is 0 Å². The van der Waals surface area contributed by atoms with E-state index in [1.54, 1.807) is 0 Å². The van der Waals surface area contributed by atoms with Crippen LogP contribution < -0.4 is 0 Å². The van der Waals surface area contributed by atoms with E-state index in [2.05, 4.69) is 50.4 Å². The molecular weight excluding hydrogens is 304 g/mol. The predicted octanol–water partition coefficient (Wildman–Crippen LogP) is 4.37. The molecule has 0 aliphatic rings. The summed E-state index contributed by atoms with van der Waals surface area (Å²) in [5.41, 5.74) is 8.28. The third kappa shape index (κ3) is 4.18. The highest BCUT2D eigenvalue weighted by Crippen LogP contribution is 2.27. The summed E-state index contributed by atoms with van der Waals surface area (Å²) in [5.74, 6) is 0.986. The van der Waals surface area contributed by atoms with Gasteiger partial charge < -0.3 is 9.30 Å². The smallest absolute Gasteiger partial charge is 0.0946 e. The van der Waals surface area contributed by atoms with E-state index in [-0.39, 0.29) is 6.10 Å². The first-order chi connectivity index (χ1) is 11.0. The summed E-state index contributed by atoms with van der Waals surface area (Å²) in [4.78, 5) is 4.12. The Balaban J connectivity index is 2.14. The number of rotatable bonds is 7. The van der Waals surface area contributed by atoms with Crippen LogP contribution in [0.25, 0.3) is 0 Å². The molecule has 0 amide bonds. The van der Waals surface area contributed by atoms with E-state index >= 15 is 0 Å². The van der Waals surface area contributed by atoms with Gasteiger partial charge in [-0.05, 0) is 74.3 Å². The van der Waals surface area contributed by atoms with Gasteiger partial charge in [0.2, 0.25) is 0 Å². The average molecular weight is 333 g/mol. The summed E-state index contributed by atoms with van der Waals surface area (Å²) in [6.45, 7) is 12.6. The molecule has 0 aliphatic heterocycles. The number of aromatic nitrogens is 2. The molecule has 4 heteroatoms. The van der Waals surface area contributed by atoms with Crippen LogP contribution in [-0.4, -0.2) is 27.7 Å². The highest BCUT2D eigenvalue weighted by molar-refractivity contribution is 7.98. The fraction of sp³-hybridized carbons (Fsp3) is 0.526. The van der Waals surface area contributed by atoms with E-state index in [0.29, 0.717) is 6.61 Å². The molecule has 1 aromatic heterocycles. The zero-order valence-corrected chi connectivity index (χ0v) is 16.0. The average Bonchev–Trinajstić information content (AvgIpc) is 3.04. The monoisotopic (exact) mass is 332 g/mol. The molecule has 0 saturated heterocycles. The number of benzene rings is 1. The van der Waals surface area contributed by atoms with Crippen molar-refractivity contribution in [2.75, 3.05) is 12.0 Å². The largest absolute Gasteiger partial charge is 0.371 e. The van der Waals surface area contributed by atoms with E-state index in [9.17, 15) is 0 Å². The SMILES string of the molecule is CSCC(Cn1ccnc1)OCc1c(C)c(C)c(C)c(C)c1C. The van der Waals surface area contributed by atoms with Crippen LogP contribution in [0.15, 0.2) is 18.7 Å². The van der Waals surface area contributed by atoms with E-state index in [1.807, 2.05) is 30.5 Å². The summed E-state index contributed by atoms with van der Waals surface area (Å²) < 4.78 is 8.37. The molecule has 0 radical (unpaired) electrons. The topological polar surface area (TPSA) is 27.1 Å². The summed E-state index contributed by atoms with van der Waals surface area (Å²) in [5, 5.41) is 0. The lowest BCUT2D eigenvalue weighted by atomic mass is 9.90. The second kappa shape index (κ2) is 8.02. The Morgan fingerprint density at radius 1 is 1.04 bits per heavy atom. The molecule has 1 unspecified atom stereocenters. The Bertz CT molecular complexity index is 621. The summed E-state index contributed by atoms with van der Waals surface area (Å²) in [7, 11) is 0. The first-order valence-corrected chi connectivity index (χ1v) is 9.47. The molecule has 2 aromatic rings. The van der Waals surface area contributed by atoms with Gasteiger partial charge in [-0.15, -0.1) is 0 Å². The van der Waals surface area contributed by atoms with Crippen LogP contribution in [0.4, 0.5) is 0 Å². The minimum atomic E-state index is 0.194. The van der Waals surface area contributed by atoms with Crippen molar-refractivity contribution in [1.29, 1.82) is 0 Å². The van der Waals surface area contributed by atoms with Gasteiger partial charge in [0.05, 0.1) is 25.6 Å². The Morgan fingerprint density at radius 2 is 1.65 bits per heavy atom. The molecule has 1 atom stereocenters. The van der Waals surface area contributed by atoms with Gasteiger partial charge in [0.15, 0.2) is 0 Å². The van der Waals surface area contributed by atoms with Crippen molar-refractivity contribution < 1.29 is 4.74 Å². The number of imidazole rings is 1. The molecule has 1 aromatic carbocycles. The molecule has 0 aliphatic carbocycles. The van der Waals surface area contributed by atoms with E-state index < -0.39 is 0 Å². The molecule has 0 N–H and O–H groups in total. The molecule has 1 heterocycles. The molecule has 3 nitrogen and oxygen atoms in total. The van der Waals surface area contributed by atoms with E-state index in [4.69, 9.17) is 4.74 Å². The lowest BCUT2D eigenvalue weighted by Gasteiger charge is -2.22. The molecule has 0 fully saturated rings. The molecule has 126 valence electrons. The maximum absolute atomic E-state index is 6.28. The van der Waals surface area contributed by atoms with E-state index in [0.717, 1.165) is 12.3 Å². The second-order valence-corrected chi connectivity index (χ2v) is 7.16. The fourth-order valence-electron chi connectivity index (χ4n) is 2.96. The Morgan fingerprint density at radius 3 is 2.17 bits per heavy atom. The van der Waals surface area contributed by atoms with Gasteiger partial charge in [0.1, 0.15) is 0 Å². The van der Waals surface area contributed by atoms with Crippen LogP contribution in [0.3, 0.4) is 0 Å². The Kier molecular flexibility index (Phi) is 6.31. The standard InChI is InChI=1S/C19H28N2OS/c1-13-14(2)16(4)19(17(5)15(13)3)10-22-18(11-23-6)9-21-8-7-20-12-21/h7-8,12,18H,9-11H2,1-6H3. The molecule has 2 rings (SSSR count). The zero-order valence-electron chi connectivity index (χ0n) is 15.1. The number of nitrogens with zero attached hydrogens (tertiary/aromatic N) is 2. The van der Waals surface area contributed by atoms with Gasteiger partial charge in [-0.3, -0.25) is 0 Å². The molecular formula is C19H28N2OS. The van der Waals surface area contributed by atoms with Crippen LogP contribution in [0.1, 0.15) is 33.4 Å². The fourth-order valence-corrected chi connectivity index (χ4v) is 3.54. The molecule has 0 bridgehead atoms. The maximum Gasteiger partial charge on any atom is 0.0946 e. The highest BCUT2D eigenvalue weighted by Gasteiger charge is 2.15. The third-order valence-electron chi connectivity index (χ3n) is 4.94. The molecule has 0 spiro atoms. The number of hydrogen-bond donors (Lipinski definition) is 0. The van der Waals surface area contributed by atoms with Crippen molar-refractivity contribution in [3.8, 4) is 0 Å². The number of hydrogen-bond acceptors (Lipinski definition) is 3. The first kappa shape index (κ1) is 18.1. The van der Waals surface area contributed by atoms with Crippen LogP contribution in [0, 0.1) is 34.6 Å². The van der Waals surface area contributed by atoms with Crippen molar-refractivity contribution in [3.05, 3.63) is 52.1 Å². The third-order valence-corrected chi connectivity index (χ3v) is 5.65. The minimum absolute atomic E-state index is 0.194. The van der Waals surface area contributed by atoms with Crippen molar-refractivity contribution in [2.45, 2.75) is 53.9 Å². The van der Waals surface area contributed by atoms with Crippen molar-refractivity contribution in [3.63, 3.8) is 0 Å². The van der Waals surface area contributed by atoms with E-state index in [1.165, 1.54) is 33.4 Å². The van der Waals surface area contributed by atoms with Gasteiger partial charge in [0, 0.05) is 18.1 Å². The minimum Gasteiger partial charge on any atom is -0.371 e. The number of thioether (sulfide) groups is 1. The van der Waals surface area contributed by atoms with Crippen molar-refractivity contribution in [1.82, 2.24) is 9.55 Å². The van der Waals surface area contributed by atoms with Gasteiger partial charge in [-0.25, -0.2) is 4.98 Å². The maximum atomic E-state index is 6.28. The van der Waals surface area contributed by atoms with Crippen LogP contribution in [-0.2, 0) is 17.9 Å². The van der Waals surface area contributed by atoms with Crippen LogP contribution >= 0.6 is 11.8 Å². The predicted molar refractivity (Wildman–Crippen MR) is 99.3 cm³/mol. The quantitative estimate of drug-likeness (QED) is 0.753. The molecule has 0 saturated carbocycles. The Labute approximate surface area is 144 Å². The summed E-state index contributed by atoms with van der Waals surface area (Å²) in [6, 6.07) is 0. The van der Waals surface area contributed by atoms with Crippen molar-refractivity contribution in [2.24, 2.45) is 0 Å². The van der Waals surface area contributed by atoms with Gasteiger partial charge in [-0.1, -0.05) is 0 Å². The summed E-state index contributed by atoms with van der Waals surface area (Å²) in [6.07, 6.45) is 7.98. The van der Waals surface area contributed by atoms with Gasteiger partial charge in [-0.2, -0.15) is 11.8 Å². The summed E-state index contributed by atoms with van der Waals surface area (Å²) >= 11 is 1.83. The molecule has 23 heavy (non-hydrogen) atoms. The van der Waals surface area contributed by atoms with Crippen molar-refractivity contribution >= 4 is 11.8 Å². The lowest BCUT2D eigenvalue weighted by Crippen LogP contribution is -2.22. The normalized spacial score (nSPS) is 12.6. The number of ether oxygens (including phenoxy) is 1. The highest BCUT2D eigenvalue weighted by atomic mass is 32.2. The van der Waals surface area contributed by atoms with Crippen LogP contribution in [0.2, 0.25) is 0 Å². The zero-order chi connectivity index (χ0) is 17.0. The second-order valence-electron chi connectivity index (χ2n) is 6.25. The lowest BCUT2D eigenvalue weighted by molar-refractivity contribution is 0.0445. The first-order valence-electron chi connectivity index (χ1n) is 8.07. The van der Waals surface area contributed by atoms with Gasteiger partial charge in [0.25, 0.3) is 0 Å². The Hall–Kier alpha value is -1.26. The van der Waals surface area contributed by atoms with Crippen LogP contribution in [0.5, 0.6) is 0 Å².